The summed E-state index contributed by atoms with van der Waals surface area (Å²) in [7, 11) is 0. The molecule has 2 heterocycles. The number of nitrogens with zero attached hydrogens (tertiary/aromatic N) is 2. The first-order valence-corrected chi connectivity index (χ1v) is 7.46. The van der Waals surface area contributed by atoms with Gasteiger partial charge in [0.05, 0.1) is 16.7 Å². The Balaban J connectivity index is 1.56. The highest BCUT2D eigenvalue weighted by atomic mass is 16.6. The van der Waals surface area contributed by atoms with Crippen molar-refractivity contribution in [3.05, 3.63) is 58.5 Å². The molecule has 0 saturated carbocycles. The number of piperidine rings is 1. The molecule has 3 rings (SSSR count). The van der Waals surface area contributed by atoms with E-state index in [1.54, 1.807) is 17.0 Å². The Kier molecular flexibility index (Phi) is 4.27. The minimum absolute atomic E-state index is 0.0208. The van der Waals surface area contributed by atoms with E-state index in [1.807, 2.05) is 6.07 Å². The molecule has 1 N–H and O–H groups in total. The highest BCUT2D eigenvalue weighted by Crippen LogP contribution is 2.21. The van der Waals surface area contributed by atoms with Crippen molar-refractivity contribution in [3.63, 3.8) is 0 Å². The molecular formula is C16H17N3O4. The van der Waals surface area contributed by atoms with Crippen molar-refractivity contribution in [2.75, 3.05) is 18.4 Å². The fourth-order valence-corrected chi connectivity index (χ4v) is 2.74. The lowest BCUT2D eigenvalue weighted by atomic mass is 10.0. The third kappa shape index (κ3) is 3.50. The number of amides is 1. The first-order chi connectivity index (χ1) is 11.1. The van der Waals surface area contributed by atoms with Crippen molar-refractivity contribution in [1.82, 2.24) is 4.90 Å². The molecule has 1 saturated heterocycles. The molecule has 1 aromatic carbocycles. The number of non-ortho nitro benzene ring substituents is 1. The Hall–Kier alpha value is -2.83. The second kappa shape index (κ2) is 6.51. The van der Waals surface area contributed by atoms with Gasteiger partial charge in [-0.2, -0.15) is 0 Å². The van der Waals surface area contributed by atoms with Crippen LogP contribution in [0, 0.1) is 10.1 Å². The molecule has 7 nitrogen and oxygen atoms in total. The third-order valence-electron chi connectivity index (χ3n) is 3.98. The molecule has 23 heavy (non-hydrogen) atoms. The number of benzene rings is 1. The van der Waals surface area contributed by atoms with Gasteiger partial charge in [0, 0.05) is 37.0 Å². The van der Waals surface area contributed by atoms with Crippen LogP contribution in [0.3, 0.4) is 0 Å². The van der Waals surface area contributed by atoms with Crippen LogP contribution in [0.25, 0.3) is 0 Å². The number of anilines is 1. The molecule has 0 atom stereocenters. The van der Waals surface area contributed by atoms with E-state index in [9.17, 15) is 14.9 Å². The van der Waals surface area contributed by atoms with Gasteiger partial charge in [-0.15, -0.1) is 0 Å². The molecule has 1 aliphatic rings. The zero-order chi connectivity index (χ0) is 16.2. The number of hydrogen-bond donors (Lipinski definition) is 1. The number of furan rings is 1. The predicted molar refractivity (Wildman–Crippen MR) is 84.4 cm³/mol. The van der Waals surface area contributed by atoms with Crippen molar-refractivity contribution in [1.29, 1.82) is 0 Å². The molecule has 1 amide bonds. The number of nitro benzene ring substituents is 1. The van der Waals surface area contributed by atoms with E-state index in [-0.39, 0.29) is 17.6 Å². The summed E-state index contributed by atoms with van der Waals surface area (Å²) in [6.45, 7) is 1.30. The van der Waals surface area contributed by atoms with Crippen LogP contribution in [0.4, 0.5) is 11.4 Å². The van der Waals surface area contributed by atoms with Gasteiger partial charge in [0.25, 0.3) is 11.6 Å². The molecule has 0 spiro atoms. The van der Waals surface area contributed by atoms with Crippen LogP contribution in [0.2, 0.25) is 0 Å². The summed E-state index contributed by atoms with van der Waals surface area (Å²) in [5.74, 6) is -0.0208. The lowest BCUT2D eigenvalue weighted by Gasteiger charge is -2.32. The summed E-state index contributed by atoms with van der Waals surface area (Å²) in [6.07, 6.45) is 4.54. The van der Waals surface area contributed by atoms with E-state index < -0.39 is 4.92 Å². The van der Waals surface area contributed by atoms with Gasteiger partial charge >= 0.3 is 0 Å². The predicted octanol–water partition coefficient (Wildman–Crippen LogP) is 2.90. The van der Waals surface area contributed by atoms with Crippen molar-refractivity contribution < 1.29 is 14.1 Å². The summed E-state index contributed by atoms with van der Waals surface area (Å²) < 4.78 is 4.94. The first-order valence-electron chi connectivity index (χ1n) is 7.46. The quantitative estimate of drug-likeness (QED) is 0.692. The Morgan fingerprint density at radius 2 is 2.09 bits per heavy atom. The molecule has 0 unspecified atom stereocenters. The number of carbonyl (C=O) groups excluding carboxylic acids is 1. The van der Waals surface area contributed by atoms with Crippen LogP contribution in [-0.4, -0.2) is 34.9 Å². The average Bonchev–Trinajstić information content (AvgIpc) is 3.09. The lowest BCUT2D eigenvalue weighted by Crippen LogP contribution is -2.42. The number of hydrogen-bond acceptors (Lipinski definition) is 5. The molecule has 1 aromatic heterocycles. The smallest absolute Gasteiger partial charge is 0.271 e. The summed E-state index contributed by atoms with van der Waals surface area (Å²) in [5.41, 5.74) is 1.37. The maximum absolute atomic E-state index is 12.2. The van der Waals surface area contributed by atoms with Gasteiger partial charge in [0.2, 0.25) is 0 Å². The monoisotopic (exact) mass is 315 g/mol. The Bertz CT molecular complexity index is 691. The summed E-state index contributed by atoms with van der Waals surface area (Å²) in [5, 5.41) is 14.1. The molecule has 0 aliphatic carbocycles. The van der Waals surface area contributed by atoms with Gasteiger partial charge in [-0.3, -0.25) is 14.9 Å². The van der Waals surface area contributed by atoms with Crippen LogP contribution in [-0.2, 0) is 0 Å². The molecule has 1 fully saturated rings. The molecule has 0 bridgehead atoms. The first kappa shape index (κ1) is 15.1. The molecule has 1 aliphatic heterocycles. The minimum atomic E-state index is -0.405. The van der Waals surface area contributed by atoms with Crippen LogP contribution < -0.4 is 5.32 Å². The van der Waals surface area contributed by atoms with Gasteiger partial charge in [0.1, 0.15) is 6.26 Å². The zero-order valence-corrected chi connectivity index (χ0v) is 12.5. The largest absolute Gasteiger partial charge is 0.472 e. The van der Waals surface area contributed by atoms with Crippen molar-refractivity contribution in [3.8, 4) is 0 Å². The van der Waals surface area contributed by atoms with Gasteiger partial charge in [-0.1, -0.05) is 6.07 Å². The molecule has 7 heteroatoms. The number of carbonyl (C=O) groups is 1. The average molecular weight is 315 g/mol. The van der Waals surface area contributed by atoms with Crippen LogP contribution in [0.15, 0.2) is 47.3 Å². The second-order valence-corrected chi connectivity index (χ2v) is 5.53. The van der Waals surface area contributed by atoms with E-state index in [0.717, 1.165) is 18.5 Å². The topological polar surface area (TPSA) is 88.6 Å². The van der Waals surface area contributed by atoms with E-state index in [2.05, 4.69) is 5.32 Å². The Morgan fingerprint density at radius 3 is 2.74 bits per heavy atom. The Labute approximate surface area is 133 Å². The van der Waals surface area contributed by atoms with Crippen LogP contribution >= 0.6 is 0 Å². The number of likely N-dealkylation sites (tertiary alicyclic amines) is 1. The summed E-state index contributed by atoms with van der Waals surface area (Å²) in [6, 6.07) is 8.34. The van der Waals surface area contributed by atoms with E-state index in [0.29, 0.717) is 18.7 Å². The van der Waals surface area contributed by atoms with Gasteiger partial charge < -0.3 is 14.6 Å². The fourth-order valence-electron chi connectivity index (χ4n) is 2.74. The number of nitrogens with one attached hydrogen (secondary N) is 1. The SMILES string of the molecule is O=C(c1ccoc1)N1CCC(Nc2cccc([N+](=O)[O-])c2)CC1. The van der Waals surface area contributed by atoms with Crippen LogP contribution in [0.5, 0.6) is 0 Å². The van der Waals surface area contributed by atoms with Crippen LogP contribution in [0.1, 0.15) is 23.2 Å². The summed E-state index contributed by atoms with van der Waals surface area (Å²) >= 11 is 0. The van der Waals surface area contributed by atoms with E-state index >= 15 is 0 Å². The fraction of sp³-hybridized carbons (Fsp3) is 0.312. The van der Waals surface area contributed by atoms with E-state index in [1.165, 1.54) is 24.7 Å². The van der Waals surface area contributed by atoms with Crippen molar-refractivity contribution in [2.45, 2.75) is 18.9 Å². The highest BCUT2D eigenvalue weighted by molar-refractivity contribution is 5.93. The molecule has 2 aromatic rings. The van der Waals surface area contributed by atoms with Gasteiger partial charge in [-0.25, -0.2) is 0 Å². The highest BCUT2D eigenvalue weighted by Gasteiger charge is 2.24. The molecular weight excluding hydrogens is 298 g/mol. The standard InChI is InChI=1S/C16H17N3O4/c20-16(12-6-9-23-11-12)18-7-4-13(5-8-18)17-14-2-1-3-15(10-14)19(21)22/h1-3,6,9-11,13,17H,4-5,7-8H2. The lowest BCUT2D eigenvalue weighted by molar-refractivity contribution is -0.384. The van der Waals surface area contributed by atoms with Crippen molar-refractivity contribution >= 4 is 17.3 Å². The maximum Gasteiger partial charge on any atom is 0.271 e. The second-order valence-electron chi connectivity index (χ2n) is 5.53. The van der Waals surface area contributed by atoms with Crippen molar-refractivity contribution in [2.24, 2.45) is 0 Å². The molecule has 0 radical (unpaired) electrons. The normalized spacial score (nSPS) is 15.4. The third-order valence-corrected chi connectivity index (χ3v) is 3.98. The maximum atomic E-state index is 12.2. The zero-order valence-electron chi connectivity index (χ0n) is 12.5. The van der Waals surface area contributed by atoms with Gasteiger partial charge in [0.15, 0.2) is 0 Å². The molecule has 120 valence electrons. The van der Waals surface area contributed by atoms with Gasteiger partial charge in [-0.05, 0) is 25.0 Å². The Morgan fingerprint density at radius 1 is 1.30 bits per heavy atom. The number of rotatable bonds is 4. The number of nitro groups is 1. The van der Waals surface area contributed by atoms with E-state index in [4.69, 9.17) is 4.42 Å². The minimum Gasteiger partial charge on any atom is -0.472 e. The summed E-state index contributed by atoms with van der Waals surface area (Å²) in [4.78, 5) is 24.4.